The molecule has 0 amide bonds. The van der Waals surface area contributed by atoms with Crippen molar-refractivity contribution in [3.63, 3.8) is 0 Å². The van der Waals surface area contributed by atoms with E-state index < -0.39 is 5.51 Å². The summed E-state index contributed by atoms with van der Waals surface area (Å²) < 4.78 is 40.5. The van der Waals surface area contributed by atoms with E-state index in [0.717, 1.165) is 12.8 Å². The highest BCUT2D eigenvalue weighted by atomic mass is 32.2. The number of thioether (sulfide) groups is 1. The summed E-state index contributed by atoms with van der Waals surface area (Å²) in [6.07, 6.45) is 2.65. The van der Waals surface area contributed by atoms with Gasteiger partial charge in [-0.3, -0.25) is 0 Å². The lowest BCUT2D eigenvalue weighted by Gasteiger charge is -2.25. The third kappa shape index (κ3) is 6.27. The van der Waals surface area contributed by atoms with Gasteiger partial charge in [0.25, 0.3) is 0 Å². The van der Waals surface area contributed by atoms with Gasteiger partial charge in [0, 0.05) is 5.75 Å². The minimum atomic E-state index is -4.16. The van der Waals surface area contributed by atoms with E-state index >= 15 is 0 Å². The first-order chi connectivity index (χ1) is 6.97. The predicted molar refractivity (Wildman–Crippen MR) is 52.7 cm³/mol. The summed E-state index contributed by atoms with van der Waals surface area (Å²) in [7, 11) is 0. The van der Waals surface area contributed by atoms with Crippen LogP contribution in [0, 0.1) is 0 Å². The summed E-state index contributed by atoms with van der Waals surface area (Å²) in [5, 5.41) is 9.20. The van der Waals surface area contributed by atoms with Crippen LogP contribution in [-0.2, 0) is 4.74 Å². The van der Waals surface area contributed by atoms with Gasteiger partial charge in [0.1, 0.15) is 0 Å². The SMILES string of the molecule is OC1CCC(OCCSC(F)(F)F)CC1. The van der Waals surface area contributed by atoms with Crippen molar-refractivity contribution < 1.29 is 23.0 Å². The number of aliphatic hydroxyl groups excluding tert-OH is 1. The lowest BCUT2D eigenvalue weighted by Crippen LogP contribution is -2.25. The Hall–Kier alpha value is 0.0600. The number of rotatable bonds is 4. The molecule has 15 heavy (non-hydrogen) atoms. The monoisotopic (exact) mass is 244 g/mol. The van der Waals surface area contributed by atoms with Crippen molar-refractivity contribution in [3.05, 3.63) is 0 Å². The van der Waals surface area contributed by atoms with Crippen LogP contribution in [-0.4, -0.2) is 35.2 Å². The second-order valence-electron chi connectivity index (χ2n) is 3.60. The van der Waals surface area contributed by atoms with Gasteiger partial charge in [-0.15, -0.1) is 0 Å². The molecule has 0 aromatic heterocycles. The maximum absolute atomic E-state index is 11.7. The summed E-state index contributed by atoms with van der Waals surface area (Å²) >= 11 is -0.0517. The molecule has 90 valence electrons. The highest BCUT2D eigenvalue weighted by Crippen LogP contribution is 2.30. The molecule has 0 heterocycles. The maximum atomic E-state index is 11.7. The number of aliphatic hydroxyl groups is 1. The third-order valence-corrected chi connectivity index (χ3v) is 3.04. The quantitative estimate of drug-likeness (QED) is 0.771. The maximum Gasteiger partial charge on any atom is 0.441 e. The highest BCUT2D eigenvalue weighted by Gasteiger charge is 2.28. The number of hydrogen-bond acceptors (Lipinski definition) is 3. The van der Waals surface area contributed by atoms with Gasteiger partial charge in [-0.2, -0.15) is 13.2 Å². The lowest BCUT2D eigenvalue weighted by molar-refractivity contribution is -0.0340. The van der Waals surface area contributed by atoms with Gasteiger partial charge in [-0.05, 0) is 37.4 Å². The van der Waals surface area contributed by atoms with Gasteiger partial charge < -0.3 is 9.84 Å². The Bertz CT molecular complexity index is 179. The molecular weight excluding hydrogens is 229 g/mol. The van der Waals surface area contributed by atoms with Crippen LogP contribution in [0.15, 0.2) is 0 Å². The van der Waals surface area contributed by atoms with Crippen molar-refractivity contribution >= 4 is 11.8 Å². The van der Waals surface area contributed by atoms with Crippen LogP contribution in [0.25, 0.3) is 0 Å². The molecule has 0 atom stereocenters. The molecule has 6 heteroatoms. The van der Waals surface area contributed by atoms with E-state index in [9.17, 15) is 18.3 Å². The van der Waals surface area contributed by atoms with Crippen LogP contribution in [0.4, 0.5) is 13.2 Å². The summed E-state index contributed by atoms with van der Waals surface area (Å²) in [5.74, 6) is -0.0530. The Labute approximate surface area is 91.2 Å². The molecule has 0 aromatic rings. The van der Waals surface area contributed by atoms with Crippen LogP contribution < -0.4 is 0 Å². The van der Waals surface area contributed by atoms with Gasteiger partial charge in [-0.1, -0.05) is 0 Å². The number of halogens is 3. The third-order valence-electron chi connectivity index (χ3n) is 2.35. The van der Waals surface area contributed by atoms with Crippen LogP contribution in [0.5, 0.6) is 0 Å². The zero-order valence-electron chi connectivity index (χ0n) is 8.29. The largest absolute Gasteiger partial charge is 0.441 e. The van der Waals surface area contributed by atoms with Crippen LogP contribution >= 0.6 is 11.8 Å². The van der Waals surface area contributed by atoms with E-state index in [2.05, 4.69) is 0 Å². The summed E-state index contributed by atoms with van der Waals surface area (Å²) in [4.78, 5) is 0. The molecule has 1 rings (SSSR count). The predicted octanol–water partition coefficient (Wildman–Crippen LogP) is 2.56. The van der Waals surface area contributed by atoms with Gasteiger partial charge >= 0.3 is 5.51 Å². The molecule has 1 fully saturated rings. The summed E-state index contributed by atoms with van der Waals surface area (Å²) in [6, 6.07) is 0. The van der Waals surface area contributed by atoms with E-state index in [-0.39, 0.29) is 36.3 Å². The molecule has 0 unspecified atom stereocenters. The molecule has 0 aliphatic heterocycles. The van der Waals surface area contributed by atoms with Gasteiger partial charge in [0.15, 0.2) is 0 Å². The van der Waals surface area contributed by atoms with Crippen LogP contribution in [0.1, 0.15) is 25.7 Å². The van der Waals surface area contributed by atoms with Crippen molar-refractivity contribution in [2.45, 2.75) is 43.4 Å². The second kappa shape index (κ2) is 5.96. The Morgan fingerprint density at radius 2 is 1.80 bits per heavy atom. The summed E-state index contributed by atoms with van der Waals surface area (Å²) in [6.45, 7) is 0.130. The van der Waals surface area contributed by atoms with Crippen molar-refractivity contribution in [2.24, 2.45) is 0 Å². The summed E-state index contributed by atoms with van der Waals surface area (Å²) in [5.41, 5.74) is -4.16. The van der Waals surface area contributed by atoms with Crippen molar-refractivity contribution in [3.8, 4) is 0 Å². The Morgan fingerprint density at radius 3 is 2.33 bits per heavy atom. The average molecular weight is 244 g/mol. The highest BCUT2D eigenvalue weighted by molar-refractivity contribution is 8.00. The van der Waals surface area contributed by atoms with Gasteiger partial charge in [0.2, 0.25) is 0 Å². The first-order valence-electron chi connectivity index (χ1n) is 4.98. The zero-order chi connectivity index (χ0) is 11.3. The van der Waals surface area contributed by atoms with Gasteiger partial charge in [0.05, 0.1) is 18.8 Å². The van der Waals surface area contributed by atoms with E-state index in [1.165, 1.54) is 0 Å². The average Bonchev–Trinajstić information content (AvgIpc) is 2.14. The molecule has 0 radical (unpaired) electrons. The fraction of sp³-hybridized carbons (Fsp3) is 1.00. The molecule has 0 bridgehead atoms. The second-order valence-corrected chi connectivity index (χ2v) is 4.76. The fourth-order valence-corrected chi connectivity index (χ4v) is 2.00. The van der Waals surface area contributed by atoms with Crippen molar-refractivity contribution in [1.29, 1.82) is 0 Å². The van der Waals surface area contributed by atoms with Gasteiger partial charge in [-0.25, -0.2) is 0 Å². The smallest absolute Gasteiger partial charge is 0.393 e. The van der Waals surface area contributed by atoms with Crippen molar-refractivity contribution in [1.82, 2.24) is 0 Å². The number of hydrogen-bond donors (Lipinski definition) is 1. The molecule has 0 saturated heterocycles. The van der Waals surface area contributed by atoms with Crippen LogP contribution in [0.3, 0.4) is 0 Å². The van der Waals surface area contributed by atoms with Crippen LogP contribution in [0.2, 0.25) is 0 Å². The molecule has 1 aliphatic carbocycles. The minimum Gasteiger partial charge on any atom is -0.393 e. The molecule has 0 aromatic carbocycles. The fourth-order valence-electron chi connectivity index (χ4n) is 1.58. The molecule has 2 nitrogen and oxygen atoms in total. The molecule has 1 N–H and O–H groups in total. The zero-order valence-corrected chi connectivity index (χ0v) is 9.11. The topological polar surface area (TPSA) is 29.5 Å². The standard InChI is InChI=1S/C9H15F3O2S/c10-9(11,12)15-6-5-14-8-3-1-7(13)2-4-8/h7-8,13H,1-6H2. The number of ether oxygens (including phenoxy) is 1. The van der Waals surface area contributed by atoms with E-state index in [0.29, 0.717) is 12.8 Å². The molecular formula is C9H15F3O2S. The lowest BCUT2D eigenvalue weighted by atomic mass is 9.95. The Balaban J connectivity index is 2.01. The molecule has 1 aliphatic rings. The van der Waals surface area contributed by atoms with Crippen molar-refractivity contribution in [2.75, 3.05) is 12.4 Å². The normalized spacial score (nSPS) is 28.0. The Kier molecular flexibility index (Phi) is 5.22. The first-order valence-corrected chi connectivity index (χ1v) is 5.96. The minimum absolute atomic E-state index is 0.0298. The molecule has 1 saturated carbocycles. The van der Waals surface area contributed by atoms with E-state index in [4.69, 9.17) is 4.74 Å². The Morgan fingerprint density at radius 1 is 1.20 bits per heavy atom. The van der Waals surface area contributed by atoms with E-state index in [1.54, 1.807) is 0 Å². The van der Waals surface area contributed by atoms with E-state index in [1.807, 2.05) is 0 Å². The first kappa shape index (κ1) is 13.1. The number of alkyl halides is 3. The molecule has 0 spiro atoms.